The van der Waals surface area contributed by atoms with E-state index < -0.39 is 0 Å². The fourth-order valence-corrected chi connectivity index (χ4v) is 4.09. The average molecular weight is 280 g/mol. The Kier molecular flexibility index (Phi) is 3.47. The highest BCUT2D eigenvalue weighted by Crippen LogP contribution is 2.30. The lowest BCUT2D eigenvalue weighted by Crippen LogP contribution is -2.55. The fraction of sp³-hybridized carbons (Fsp3) is 0.615. The van der Waals surface area contributed by atoms with Gasteiger partial charge in [0.15, 0.2) is 0 Å². The SMILES string of the molecule is CC(N)C(c1cccs1)N1CCN2C(=O)NCC2C1. The van der Waals surface area contributed by atoms with E-state index in [2.05, 4.69) is 34.7 Å². The topological polar surface area (TPSA) is 61.6 Å². The van der Waals surface area contributed by atoms with E-state index in [1.165, 1.54) is 4.88 Å². The van der Waals surface area contributed by atoms with Gasteiger partial charge in [0.1, 0.15) is 0 Å². The number of carbonyl (C=O) groups is 1. The molecule has 3 heterocycles. The molecule has 2 saturated heterocycles. The standard InChI is InChI=1S/C13H20N4OS/c1-9(14)12(11-3-2-6-19-11)16-4-5-17-10(8-16)7-15-13(17)18/h2-3,6,9-10,12H,4-5,7-8,14H2,1H3,(H,15,18). The van der Waals surface area contributed by atoms with Crippen molar-refractivity contribution in [3.8, 4) is 0 Å². The molecule has 104 valence electrons. The molecule has 3 unspecified atom stereocenters. The van der Waals surface area contributed by atoms with Gasteiger partial charge in [0.2, 0.25) is 0 Å². The number of thiophene rings is 1. The lowest BCUT2D eigenvalue weighted by molar-refractivity contribution is 0.0809. The smallest absolute Gasteiger partial charge is 0.317 e. The molecular formula is C13H20N4OS. The number of fused-ring (bicyclic) bond motifs is 1. The Morgan fingerprint density at radius 2 is 2.37 bits per heavy atom. The second-order valence-electron chi connectivity index (χ2n) is 5.35. The van der Waals surface area contributed by atoms with Gasteiger partial charge in [-0.2, -0.15) is 0 Å². The molecule has 6 heteroatoms. The van der Waals surface area contributed by atoms with E-state index in [1.54, 1.807) is 11.3 Å². The van der Waals surface area contributed by atoms with Gasteiger partial charge in [-0.15, -0.1) is 11.3 Å². The first-order valence-corrected chi connectivity index (χ1v) is 7.62. The van der Waals surface area contributed by atoms with Gasteiger partial charge in [0.25, 0.3) is 0 Å². The highest BCUT2D eigenvalue weighted by molar-refractivity contribution is 7.10. The number of amides is 2. The lowest BCUT2D eigenvalue weighted by Gasteiger charge is -2.41. The molecular weight excluding hydrogens is 260 g/mol. The number of nitrogens with one attached hydrogen (secondary N) is 1. The minimum absolute atomic E-state index is 0.0816. The molecule has 2 aliphatic rings. The molecule has 0 aromatic carbocycles. The maximum Gasteiger partial charge on any atom is 0.317 e. The van der Waals surface area contributed by atoms with E-state index in [0.29, 0.717) is 6.04 Å². The third-order valence-electron chi connectivity index (χ3n) is 3.99. The van der Waals surface area contributed by atoms with Crippen molar-refractivity contribution < 1.29 is 4.79 Å². The summed E-state index contributed by atoms with van der Waals surface area (Å²) in [5.41, 5.74) is 6.19. The molecule has 5 nitrogen and oxygen atoms in total. The molecule has 0 bridgehead atoms. The van der Waals surface area contributed by atoms with Gasteiger partial charge in [0, 0.05) is 37.1 Å². The van der Waals surface area contributed by atoms with Crippen LogP contribution in [0.3, 0.4) is 0 Å². The molecule has 1 aromatic rings. The van der Waals surface area contributed by atoms with Crippen LogP contribution >= 0.6 is 11.3 Å². The van der Waals surface area contributed by atoms with E-state index >= 15 is 0 Å². The third kappa shape index (κ3) is 2.35. The molecule has 2 aliphatic heterocycles. The Morgan fingerprint density at radius 3 is 3.05 bits per heavy atom. The zero-order valence-corrected chi connectivity index (χ0v) is 11.9. The van der Waals surface area contributed by atoms with E-state index in [4.69, 9.17) is 5.73 Å². The van der Waals surface area contributed by atoms with Crippen molar-refractivity contribution in [1.82, 2.24) is 15.1 Å². The molecule has 0 aliphatic carbocycles. The molecule has 0 radical (unpaired) electrons. The van der Waals surface area contributed by atoms with Gasteiger partial charge in [-0.05, 0) is 18.4 Å². The Balaban J connectivity index is 1.76. The number of nitrogens with two attached hydrogens (primary N) is 1. The summed E-state index contributed by atoms with van der Waals surface area (Å²) >= 11 is 1.76. The van der Waals surface area contributed by atoms with Crippen LogP contribution in [-0.4, -0.2) is 54.1 Å². The fourth-order valence-electron chi connectivity index (χ4n) is 3.11. The summed E-state index contributed by atoms with van der Waals surface area (Å²) in [4.78, 5) is 17.3. The first kappa shape index (κ1) is 12.9. The van der Waals surface area contributed by atoms with Gasteiger partial charge in [-0.3, -0.25) is 4.90 Å². The Hall–Kier alpha value is -1.11. The first-order valence-electron chi connectivity index (χ1n) is 6.74. The van der Waals surface area contributed by atoms with Crippen LogP contribution in [0.15, 0.2) is 17.5 Å². The quantitative estimate of drug-likeness (QED) is 0.863. The summed E-state index contributed by atoms with van der Waals surface area (Å²) in [6, 6.07) is 4.96. The average Bonchev–Trinajstić information content (AvgIpc) is 3.00. The van der Waals surface area contributed by atoms with E-state index in [-0.39, 0.29) is 18.1 Å². The summed E-state index contributed by atoms with van der Waals surface area (Å²) in [6.45, 7) is 5.42. The maximum atomic E-state index is 11.6. The molecule has 2 fully saturated rings. The zero-order valence-electron chi connectivity index (χ0n) is 11.1. The summed E-state index contributed by atoms with van der Waals surface area (Å²) in [7, 11) is 0. The van der Waals surface area contributed by atoms with Crippen molar-refractivity contribution in [1.29, 1.82) is 0 Å². The summed E-state index contributed by atoms with van der Waals surface area (Å²) < 4.78 is 0. The minimum Gasteiger partial charge on any atom is -0.336 e. The van der Waals surface area contributed by atoms with Gasteiger partial charge in [-0.1, -0.05) is 6.07 Å². The van der Waals surface area contributed by atoms with E-state index in [0.717, 1.165) is 26.2 Å². The number of piperazine rings is 1. The van der Waals surface area contributed by atoms with Crippen molar-refractivity contribution in [3.05, 3.63) is 22.4 Å². The van der Waals surface area contributed by atoms with Crippen LogP contribution in [0, 0.1) is 0 Å². The number of hydrogen-bond acceptors (Lipinski definition) is 4. The Morgan fingerprint density at radius 1 is 1.53 bits per heavy atom. The predicted molar refractivity (Wildman–Crippen MR) is 76.2 cm³/mol. The minimum atomic E-state index is 0.0816. The van der Waals surface area contributed by atoms with Crippen LogP contribution in [0.4, 0.5) is 4.79 Å². The third-order valence-corrected chi connectivity index (χ3v) is 4.93. The van der Waals surface area contributed by atoms with Crippen molar-refractivity contribution >= 4 is 17.4 Å². The van der Waals surface area contributed by atoms with Crippen molar-refractivity contribution in [2.45, 2.75) is 25.0 Å². The van der Waals surface area contributed by atoms with Crippen LogP contribution < -0.4 is 11.1 Å². The van der Waals surface area contributed by atoms with E-state index in [1.807, 2.05) is 4.90 Å². The van der Waals surface area contributed by atoms with Crippen LogP contribution in [0.1, 0.15) is 17.8 Å². The molecule has 0 saturated carbocycles. The second-order valence-corrected chi connectivity index (χ2v) is 6.33. The summed E-state index contributed by atoms with van der Waals surface area (Å²) in [5.74, 6) is 0. The Bertz CT molecular complexity index is 448. The molecule has 19 heavy (non-hydrogen) atoms. The number of carbonyl (C=O) groups excluding carboxylic acids is 1. The Labute approximate surface area is 117 Å². The molecule has 1 aromatic heterocycles. The van der Waals surface area contributed by atoms with Gasteiger partial charge in [0.05, 0.1) is 12.1 Å². The van der Waals surface area contributed by atoms with Crippen molar-refractivity contribution in [2.75, 3.05) is 26.2 Å². The second kappa shape index (κ2) is 5.11. The summed E-state index contributed by atoms with van der Waals surface area (Å²) in [5, 5.41) is 5.02. The predicted octanol–water partition coefficient (Wildman–Crippen LogP) is 0.846. The van der Waals surface area contributed by atoms with Gasteiger partial charge >= 0.3 is 6.03 Å². The van der Waals surface area contributed by atoms with Crippen LogP contribution in [0.5, 0.6) is 0 Å². The van der Waals surface area contributed by atoms with Crippen LogP contribution in [0.2, 0.25) is 0 Å². The van der Waals surface area contributed by atoms with Crippen LogP contribution in [0.25, 0.3) is 0 Å². The van der Waals surface area contributed by atoms with Crippen LogP contribution in [-0.2, 0) is 0 Å². The van der Waals surface area contributed by atoms with Crippen molar-refractivity contribution in [3.63, 3.8) is 0 Å². The normalized spacial score (nSPS) is 26.9. The highest BCUT2D eigenvalue weighted by Gasteiger charge is 2.38. The number of nitrogens with zero attached hydrogens (tertiary/aromatic N) is 2. The molecule has 2 amide bonds. The summed E-state index contributed by atoms with van der Waals surface area (Å²) in [6.07, 6.45) is 0. The molecule has 3 rings (SSSR count). The van der Waals surface area contributed by atoms with Gasteiger partial charge in [-0.25, -0.2) is 4.79 Å². The maximum absolute atomic E-state index is 11.6. The van der Waals surface area contributed by atoms with Gasteiger partial charge < -0.3 is 16.0 Å². The largest absolute Gasteiger partial charge is 0.336 e. The number of hydrogen-bond donors (Lipinski definition) is 2. The number of rotatable bonds is 3. The number of urea groups is 1. The van der Waals surface area contributed by atoms with Crippen molar-refractivity contribution in [2.24, 2.45) is 5.73 Å². The lowest BCUT2D eigenvalue weighted by atomic mass is 10.0. The highest BCUT2D eigenvalue weighted by atomic mass is 32.1. The molecule has 0 spiro atoms. The zero-order chi connectivity index (χ0) is 13.4. The van der Waals surface area contributed by atoms with E-state index in [9.17, 15) is 4.79 Å². The first-order chi connectivity index (χ1) is 9.16. The monoisotopic (exact) mass is 280 g/mol. The molecule has 3 N–H and O–H groups in total. The molecule has 3 atom stereocenters.